The number of nitrogens with one attached hydrogen (secondary N) is 1. The molecule has 0 aromatic carbocycles. The molecule has 3 heteroatoms. The second-order valence-corrected chi connectivity index (χ2v) is 5.56. The van der Waals surface area contributed by atoms with Gasteiger partial charge < -0.3 is 10.1 Å². The van der Waals surface area contributed by atoms with E-state index in [1.165, 1.54) is 25.7 Å². The van der Waals surface area contributed by atoms with Gasteiger partial charge in [-0.05, 0) is 43.9 Å². The van der Waals surface area contributed by atoms with E-state index in [1.807, 2.05) is 6.92 Å². The third-order valence-corrected chi connectivity index (χ3v) is 4.16. The minimum absolute atomic E-state index is 0.135. The highest BCUT2D eigenvalue weighted by molar-refractivity contribution is 5.76. The van der Waals surface area contributed by atoms with Crippen molar-refractivity contribution < 1.29 is 9.53 Å². The predicted octanol–water partition coefficient (Wildman–Crippen LogP) is 1.96. The van der Waals surface area contributed by atoms with Crippen molar-refractivity contribution in [2.24, 2.45) is 17.8 Å². The van der Waals surface area contributed by atoms with Crippen LogP contribution in [0.5, 0.6) is 0 Å². The van der Waals surface area contributed by atoms with Crippen LogP contribution in [0.4, 0.5) is 0 Å². The van der Waals surface area contributed by atoms with Gasteiger partial charge in [-0.1, -0.05) is 6.42 Å². The van der Waals surface area contributed by atoms with Crippen molar-refractivity contribution in [3.8, 4) is 0 Å². The Balaban J connectivity index is 1.71. The highest BCUT2D eigenvalue weighted by atomic mass is 16.5. The largest absolute Gasteiger partial charge is 0.383 e. The maximum atomic E-state index is 11.8. The van der Waals surface area contributed by atoms with E-state index in [2.05, 4.69) is 5.32 Å². The molecular formula is C13H23NO2. The molecule has 1 amide bonds. The second kappa shape index (κ2) is 5.17. The number of ether oxygens (including phenoxy) is 1. The smallest absolute Gasteiger partial charge is 0.220 e. The van der Waals surface area contributed by atoms with E-state index in [4.69, 9.17) is 4.74 Å². The summed E-state index contributed by atoms with van der Waals surface area (Å²) in [6.45, 7) is 2.59. The van der Waals surface area contributed by atoms with Gasteiger partial charge in [-0.2, -0.15) is 0 Å². The fourth-order valence-electron chi connectivity index (χ4n) is 3.49. The first-order valence-electron chi connectivity index (χ1n) is 6.47. The van der Waals surface area contributed by atoms with Crippen molar-refractivity contribution in [3.63, 3.8) is 0 Å². The minimum Gasteiger partial charge on any atom is -0.383 e. The lowest BCUT2D eigenvalue weighted by Crippen LogP contribution is -2.37. The van der Waals surface area contributed by atoms with E-state index in [1.54, 1.807) is 7.11 Å². The van der Waals surface area contributed by atoms with Crippen molar-refractivity contribution >= 4 is 5.91 Å². The lowest BCUT2D eigenvalue weighted by Gasteiger charge is -2.22. The number of rotatable bonds is 5. The molecule has 0 unspecified atom stereocenters. The minimum atomic E-state index is 0.135. The lowest BCUT2D eigenvalue weighted by molar-refractivity contribution is -0.123. The van der Waals surface area contributed by atoms with E-state index in [9.17, 15) is 4.79 Å². The van der Waals surface area contributed by atoms with Crippen LogP contribution in [0, 0.1) is 17.8 Å². The van der Waals surface area contributed by atoms with E-state index in [0.29, 0.717) is 12.5 Å². The summed E-state index contributed by atoms with van der Waals surface area (Å²) < 4.78 is 5.01. The molecule has 2 fully saturated rings. The summed E-state index contributed by atoms with van der Waals surface area (Å²) in [4.78, 5) is 11.8. The van der Waals surface area contributed by atoms with Crippen LogP contribution in [0.3, 0.4) is 0 Å². The van der Waals surface area contributed by atoms with Gasteiger partial charge in [-0.3, -0.25) is 4.79 Å². The van der Waals surface area contributed by atoms with E-state index in [0.717, 1.165) is 18.3 Å². The van der Waals surface area contributed by atoms with Crippen LogP contribution in [0.25, 0.3) is 0 Å². The Kier molecular flexibility index (Phi) is 3.85. The normalized spacial score (nSPS) is 34.0. The van der Waals surface area contributed by atoms with Gasteiger partial charge in [0, 0.05) is 19.6 Å². The molecule has 0 radical (unpaired) electrons. The van der Waals surface area contributed by atoms with Crippen molar-refractivity contribution in [1.29, 1.82) is 0 Å². The fourth-order valence-corrected chi connectivity index (χ4v) is 3.49. The first kappa shape index (κ1) is 11.9. The predicted molar refractivity (Wildman–Crippen MR) is 63.0 cm³/mol. The highest BCUT2D eigenvalue weighted by Gasteiger charge is 2.40. The molecule has 2 rings (SSSR count). The second-order valence-electron chi connectivity index (χ2n) is 5.56. The van der Waals surface area contributed by atoms with Crippen LogP contribution in [0.2, 0.25) is 0 Å². The number of amides is 1. The first-order valence-corrected chi connectivity index (χ1v) is 6.47. The van der Waals surface area contributed by atoms with Crippen molar-refractivity contribution in [1.82, 2.24) is 5.32 Å². The quantitative estimate of drug-likeness (QED) is 0.777. The van der Waals surface area contributed by atoms with E-state index < -0.39 is 0 Å². The monoisotopic (exact) mass is 225 g/mol. The van der Waals surface area contributed by atoms with Gasteiger partial charge in [-0.15, -0.1) is 0 Å². The van der Waals surface area contributed by atoms with Gasteiger partial charge in [0.2, 0.25) is 5.91 Å². The Labute approximate surface area is 97.9 Å². The van der Waals surface area contributed by atoms with Gasteiger partial charge in [0.15, 0.2) is 0 Å². The molecule has 2 saturated carbocycles. The molecule has 16 heavy (non-hydrogen) atoms. The zero-order valence-electron chi connectivity index (χ0n) is 10.4. The molecule has 92 valence electrons. The molecule has 0 heterocycles. The van der Waals surface area contributed by atoms with E-state index in [-0.39, 0.29) is 11.9 Å². The SMILES string of the molecule is COC[C@@H](C)NC(=O)C[C@@H]1C[C@H]2CC[C@H]1C2. The number of methoxy groups -OCH3 is 1. The molecular weight excluding hydrogens is 202 g/mol. The Bertz CT molecular complexity index is 254. The topological polar surface area (TPSA) is 38.3 Å². The molecule has 0 saturated heterocycles. The number of carbonyl (C=O) groups excluding carboxylic acids is 1. The summed E-state index contributed by atoms with van der Waals surface area (Å²) >= 11 is 0. The lowest BCUT2D eigenvalue weighted by atomic mass is 9.86. The number of hydrogen-bond acceptors (Lipinski definition) is 2. The Morgan fingerprint density at radius 2 is 2.25 bits per heavy atom. The number of carbonyl (C=O) groups is 1. The summed E-state index contributed by atoms with van der Waals surface area (Å²) in [5.41, 5.74) is 0. The maximum absolute atomic E-state index is 11.8. The average Bonchev–Trinajstić information content (AvgIpc) is 2.78. The maximum Gasteiger partial charge on any atom is 0.220 e. The molecule has 2 bridgehead atoms. The van der Waals surface area contributed by atoms with Crippen LogP contribution < -0.4 is 5.32 Å². The number of hydrogen-bond donors (Lipinski definition) is 1. The zero-order chi connectivity index (χ0) is 11.5. The van der Waals surface area contributed by atoms with Gasteiger partial charge >= 0.3 is 0 Å². The summed E-state index contributed by atoms with van der Waals surface area (Å²) in [6, 6.07) is 0.135. The summed E-state index contributed by atoms with van der Waals surface area (Å²) in [5, 5.41) is 3.00. The zero-order valence-corrected chi connectivity index (χ0v) is 10.4. The summed E-state index contributed by atoms with van der Waals surface area (Å²) in [7, 11) is 1.67. The highest BCUT2D eigenvalue weighted by Crippen LogP contribution is 2.49. The van der Waals surface area contributed by atoms with Gasteiger partial charge in [0.25, 0.3) is 0 Å². The molecule has 2 aliphatic rings. The van der Waals surface area contributed by atoms with E-state index >= 15 is 0 Å². The Morgan fingerprint density at radius 1 is 1.44 bits per heavy atom. The van der Waals surface area contributed by atoms with Crippen LogP contribution in [-0.4, -0.2) is 25.7 Å². The molecule has 4 atom stereocenters. The van der Waals surface area contributed by atoms with Crippen LogP contribution >= 0.6 is 0 Å². The van der Waals surface area contributed by atoms with Crippen LogP contribution in [0.15, 0.2) is 0 Å². The molecule has 0 spiro atoms. The fraction of sp³-hybridized carbons (Fsp3) is 0.923. The van der Waals surface area contributed by atoms with Crippen molar-refractivity contribution in [2.75, 3.05) is 13.7 Å². The third-order valence-electron chi connectivity index (χ3n) is 4.16. The molecule has 0 aromatic heterocycles. The molecule has 1 N–H and O–H groups in total. The van der Waals surface area contributed by atoms with Gasteiger partial charge in [0.1, 0.15) is 0 Å². The molecule has 0 aliphatic heterocycles. The number of fused-ring (bicyclic) bond motifs is 2. The Morgan fingerprint density at radius 3 is 2.81 bits per heavy atom. The van der Waals surface area contributed by atoms with Crippen molar-refractivity contribution in [3.05, 3.63) is 0 Å². The van der Waals surface area contributed by atoms with Crippen LogP contribution in [0.1, 0.15) is 39.0 Å². The molecule has 3 nitrogen and oxygen atoms in total. The van der Waals surface area contributed by atoms with Gasteiger partial charge in [-0.25, -0.2) is 0 Å². The molecule has 2 aliphatic carbocycles. The van der Waals surface area contributed by atoms with Gasteiger partial charge in [0.05, 0.1) is 6.61 Å². The summed E-state index contributed by atoms with van der Waals surface area (Å²) in [5.74, 6) is 2.64. The summed E-state index contributed by atoms with van der Waals surface area (Å²) in [6.07, 6.45) is 6.16. The van der Waals surface area contributed by atoms with Crippen molar-refractivity contribution in [2.45, 2.75) is 45.1 Å². The third kappa shape index (κ3) is 2.76. The van der Waals surface area contributed by atoms with Crippen LogP contribution in [-0.2, 0) is 9.53 Å². The first-order chi connectivity index (χ1) is 7.69. The average molecular weight is 225 g/mol. The Hall–Kier alpha value is -0.570. The molecule has 0 aromatic rings. The standard InChI is InChI=1S/C13H23NO2/c1-9(8-16-2)14-13(15)7-12-6-10-3-4-11(12)5-10/h9-12H,3-8H2,1-2H3,(H,14,15)/t9-,10+,11+,12+/m1/s1.